The Balaban J connectivity index is 2.44. The van der Waals surface area contributed by atoms with Gasteiger partial charge in [-0.15, -0.1) is 0 Å². The van der Waals surface area contributed by atoms with E-state index in [1.54, 1.807) is 7.11 Å². The van der Waals surface area contributed by atoms with Gasteiger partial charge in [0.25, 0.3) is 0 Å². The first-order chi connectivity index (χ1) is 8.47. The average molecular weight is 249 g/mol. The number of hydrogen-bond donors (Lipinski definition) is 1. The van der Waals surface area contributed by atoms with Crippen molar-refractivity contribution in [1.82, 2.24) is 4.90 Å². The molecule has 18 heavy (non-hydrogen) atoms. The standard InChI is InChI=1S/C15H23NO2/c1-11-5-8-14(18-4)13(9-11)15(17,10-16(2)3)12-6-7-12/h5,8-9,12,17H,6-7,10H2,1-4H3. The van der Waals surface area contributed by atoms with Gasteiger partial charge in [0.1, 0.15) is 11.4 Å². The first-order valence-electron chi connectivity index (χ1n) is 6.49. The lowest BCUT2D eigenvalue weighted by Gasteiger charge is -2.33. The Morgan fingerprint density at radius 3 is 2.56 bits per heavy atom. The van der Waals surface area contributed by atoms with Crippen molar-refractivity contribution in [2.75, 3.05) is 27.7 Å². The Bertz CT molecular complexity index is 427. The molecule has 100 valence electrons. The number of aryl methyl sites for hydroxylation is 1. The SMILES string of the molecule is COc1ccc(C)cc1C(O)(CN(C)C)C1CC1. The van der Waals surface area contributed by atoms with E-state index in [2.05, 4.69) is 6.07 Å². The fraction of sp³-hybridized carbons (Fsp3) is 0.600. The number of hydrogen-bond acceptors (Lipinski definition) is 3. The summed E-state index contributed by atoms with van der Waals surface area (Å²) in [6.07, 6.45) is 2.20. The third-order valence-corrected chi connectivity index (χ3v) is 3.63. The molecule has 1 aliphatic rings. The quantitative estimate of drug-likeness (QED) is 0.868. The second-order valence-electron chi connectivity index (χ2n) is 5.64. The Morgan fingerprint density at radius 2 is 2.06 bits per heavy atom. The van der Waals surface area contributed by atoms with Crippen LogP contribution in [0.15, 0.2) is 18.2 Å². The van der Waals surface area contributed by atoms with E-state index in [4.69, 9.17) is 4.74 Å². The van der Waals surface area contributed by atoms with Gasteiger partial charge in [-0.2, -0.15) is 0 Å². The highest BCUT2D eigenvalue weighted by Gasteiger charge is 2.46. The van der Waals surface area contributed by atoms with Gasteiger partial charge in [-0.25, -0.2) is 0 Å². The van der Waals surface area contributed by atoms with Crippen LogP contribution in [0.1, 0.15) is 24.0 Å². The normalized spacial score (nSPS) is 18.8. The van der Waals surface area contributed by atoms with E-state index in [-0.39, 0.29) is 0 Å². The molecule has 0 bridgehead atoms. The van der Waals surface area contributed by atoms with Crippen molar-refractivity contribution in [2.24, 2.45) is 5.92 Å². The van der Waals surface area contributed by atoms with Crippen LogP contribution >= 0.6 is 0 Å². The van der Waals surface area contributed by atoms with Crippen LogP contribution in [0.25, 0.3) is 0 Å². The molecule has 1 N–H and O–H groups in total. The maximum atomic E-state index is 11.1. The number of methoxy groups -OCH3 is 1. The van der Waals surface area contributed by atoms with Gasteiger partial charge in [-0.3, -0.25) is 0 Å². The van der Waals surface area contributed by atoms with Gasteiger partial charge in [0.2, 0.25) is 0 Å². The molecule has 0 aromatic heterocycles. The number of rotatable bonds is 5. The zero-order chi connectivity index (χ0) is 13.3. The van der Waals surface area contributed by atoms with Crippen LogP contribution in [-0.4, -0.2) is 37.8 Å². The van der Waals surface area contributed by atoms with Crippen LogP contribution in [0.5, 0.6) is 5.75 Å². The van der Waals surface area contributed by atoms with Crippen molar-refractivity contribution >= 4 is 0 Å². The molecule has 3 nitrogen and oxygen atoms in total. The fourth-order valence-electron chi connectivity index (χ4n) is 2.64. The fourth-order valence-corrected chi connectivity index (χ4v) is 2.64. The molecule has 1 aromatic rings. The molecule has 1 aliphatic carbocycles. The van der Waals surface area contributed by atoms with Crippen LogP contribution in [-0.2, 0) is 5.60 Å². The molecular formula is C15H23NO2. The van der Waals surface area contributed by atoms with Crippen molar-refractivity contribution in [2.45, 2.75) is 25.4 Å². The Kier molecular flexibility index (Phi) is 3.64. The van der Waals surface area contributed by atoms with Crippen molar-refractivity contribution in [1.29, 1.82) is 0 Å². The highest BCUT2D eigenvalue weighted by atomic mass is 16.5. The van der Waals surface area contributed by atoms with E-state index >= 15 is 0 Å². The summed E-state index contributed by atoms with van der Waals surface area (Å²) in [5.74, 6) is 1.15. The van der Waals surface area contributed by atoms with E-state index in [1.165, 1.54) is 0 Å². The molecule has 1 atom stereocenters. The van der Waals surface area contributed by atoms with Crippen LogP contribution in [0.4, 0.5) is 0 Å². The lowest BCUT2D eigenvalue weighted by Crippen LogP contribution is -2.40. The largest absolute Gasteiger partial charge is 0.496 e. The summed E-state index contributed by atoms with van der Waals surface area (Å²) < 4.78 is 5.43. The topological polar surface area (TPSA) is 32.7 Å². The van der Waals surface area contributed by atoms with Gasteiger partial charge in [0, 0.05) is 12.1 Å². The molecule has 2 rings (SSSR count). The molecule has 0 radical (unpaired) electrons. The number of benzene rings is 1. The minimum atomic E-state index is -0.791. The van der Waals surface area contributed by atoms with Crippen LogP contribution in [0.3, 0.4) is 0 Å². The average Bonchev–Trinajstić information content (AvgIpc) is 3.12. The van der Waals surface area contributed by atoms with Crippen molar-refractivity contribution < 1.29 is 9.84 Å². The molecule has 0 saturated heterocycles. The lowest BCUT2D eigenvalue weighted by molar-refractivity contribution is -0.0118. The monoisotopic (exact) mass is 249 g/mol. The molecule has 0 heterocycles. The van der Waals surface area contributed by atoms with E-state index in [1.807, 2.05) is 38.1 Å². The van der Waals surface area contributed by atoms with Crippen LogP contribution in [0, 0.1) is 12.8 Å². The minimum absolute atomic E-state index is 0.357. The van der Waals surface area contributed by atoms with E-state index < -0.39 is 5.60 Å². The maximum Gasteiger partial charge on any atom is 0.125 e. The zero-order valence-corrected chi connectivity index (χ0v) is 11.7. The molecule has 1 fully saturated rings. The van der Waals surface area contributed by atoms with Gasteiger partial charge in [0.15, 0.2) is 0 Å². The highest BCUT2D eigenvalue weighted by molar-refractivity contribution is 5.42. The first kappa shape index (κ1) is 13.4. The van der Waals surface area contributed by atoms with Gasteiger partial charge >= 0.3 is 0 Å². The predicted octanol–water partition coefficient (Wildman–Crippen LogP) is 2.16. The van der Waals surface area contributed by atoms with Crippen molar-refractivity contribution in [3.63, 3.8) is 0 Å². The summed E-state index contributed by atoms with van der Waals surface area (Å²) in [5.41, 5.74) is 1.30. The summed E-state index contributed by atoms with van der Waals surface area (Å²) in [6, 6.07) is 6.03. The maximum absolute atomic E-state index is 11.1. The van der Waals surface area contributed by atoms with E-state index in [0.29, 0.717) is 12.5 Å². The van der Waals surface area contributed by atoms with Gasteiger partial charge in [-0.1, -0.05) is 11.6 Å². The lowest BCUT2D eigenvalue weighted by atomic mass is 9.86. The number of aliphatic hydroxyl groups is 1. The first-order valence-corrected chi connectivity index (χ1v) is 6.49. The Hall–Kier alpha value is -1.06. The third kappa shape index (κ3) is 2.52. The van der Waals surface area contributed by atoms with Crippen molar-refractivity contribution in [3.05, 3.63) is 29.3 Å². The van der Waals surface area contributed by atoms with E-state index in [0.717, 1.165) is 29.7 Å². The molecule has 1 saturated carbocycles. The summed E-state index contributed by atoms with van der Waals surface area (Å²) in [6.45, 7) is 2.68. The minimum Gasteiger partial charge on any atom is -0.496 e. The summed E-state index contributed by atoms with van der Waals surface area (Å²) in [4.78, 5) is 2.04. The molecule has 1 unspecified atom stereocenters. The smallest absolute Gasteiger partial charge is 0.125 e. The second-order valence-corrected chi connectivity index (χ2v) is 5.64. The van der Waals surface area contributed by atoms with Crippen molar-refractivity contribution in [3.8, 4) is 5.75 Å². The van der Waals surface area contributed by atoms with E-state index in [9.17, 15) is 5.11 Å². The zero-order valence-electron chi connectivity index (χ0n) is 11.7. The number of likely N-dealkylation sites (N-methyl/N-ethyl adjacent to an activating group) is 1. The predicted molar refractivity (Wildman–Crippen MR) is 72.9 cm³/mol. The van der Waals surface area contributed by atoms with Crippen LogP contribution in [0.2, 0.25) is 0 Å². The summed E-state index contributed by atoms with van der Waals surface area (Å²) >= 11 is 0. The summed E-state index contributed by atoms with van der Waals surface area (Å²) in [7, 11) is 5.66. The third-order valence-electron chi connectivity index (χ3n) is 3.63. The number of nitrogens with zero attached hydrogens (tertiary/aromatic N) is 1. The molecule has 1 aromatic carbocycles. The molecule has 0 aliphatic heterocycles. The molecule has 0 spiro atoms. The number of ether oxygens (including phenoxy) is 1. The summed E-state index contributed by atoms with van der Waals surface area (Å²) in [5, 5.41) is 11.1. The van der Waals surface area contributed by atoms with Gasteiger partial charge in [0.05, 0.1) is 7.11 Å². The highest BCUT2D eigenvalue weighted by Crippen LogP contribution is 2.48. The Labute approximate surface area is 109 Å². The van der Waals surface area contributed by atoms with Gasteiger partial charge < -0.3 is 14.7 Å². The molecule has 0 amide bonds. The van der Waals surface area contributed by atoms with Crippen LogP contribution < -0.4 is 4.74 Å². The van der Waals surface area contributed by atoms with Gasteiger partial charge in [-0.05, 0) is 51.9 Å². The molecular weight excluding hydrogens is 226 g/mol. The Morgan fingerprint density at radius 1 is 1.39 bits per heavy atom. The molecule has 3 heteroatoms. The second kappa shape index (κ2) is 4.90.